The number of allylic oxidation sites excluding steroid dienone is 2. The van der Waals surface area contributed by atoms with Gasteiger partial charge in [0.1, 0.15) is 6.54 Å². The molecule has 3 rings (SSSR count). The van der Waals surface area contributed by atoms with E-state index >= 15 is 0 Å². The Hall–Kier alpha value is -3.10. The number of halogens is 2. The van der Waals surface area contributed by atoms with Crippen LogP contribution in [0.25, 0.3) is 0 Å². The molecule has 9 heteroatoms. The van der Waals surface area contributed by atoms with Gasteiger partial charge < -0.3 is 10.1 Å². The zero-order valence-electron chi connectivity index (χ0n) is 14.1. The van der Waals surface area contributed by atoms with Crippen molar-refractivity contribution in [2.75, 3.05) is 18.5 Å². The number of carbonyl (C=O) groups excluding carboxylic acids is 4. The van der Waals surface area contributed by atoms with E-state index in [2.05, 4.69) is 5.32 Å². The first-order valence-corrected chi connectivity index (χ1v) is 8.27. The largest absolute Gasteiger partial charge is 0.454 e. The number of amides is 3. The zero-order valence-corrected chi connectivity index (χ0v) is 14.1. The van der Waals surface area contributed by atoms with E-state index < -0.39 is 60.3 Å². The topological polar surface area (TPSA) is 92.8 Å². The van der Waals surface area contributed by atoms with Gasteiger partial charge in [-0.25, -0.2) is 8.78 Å². The molecule has 1 heterocycles. The zero-order chi connectivity index (χ0) is 19.6. The normalized spacial score (nSPS) is 21.2. The number of fused-ring (bicyclic) bond motifs is 1. The van der Waals surface area contributed by atoms with Crippen LogP contribution in [-0.4, -0.2) is 41.7 Å². The number of ether oxygens (including phenoxy) is 1. The van der Waals surface area contributed by atoms with E-state index in [1.165, 1.54) is 0 Å². The van der Waals surface area contributed by atoms with Gasteiger partial charge in [0.2, 0.25) is 11.8 Å². The van der Waals surface area contributed by atoms with Crippen LogP contribution < -0.4 is 5.32 Å². The molecule has 1 aliphatic heterocycles. The highest BCUT2D eigenvalue weighted by atomic mass is 19.2. The minimum atomic E-state index is -1.13. The van der Waals surface area contributed by atoms with Crippen LogP contribution in [0.1, 0.15) is 12.8 Å². The van der Waals surface area contributed by atoms with E-state index in [4.69, 9.17) is 4.74 Å². The van der Waals surface area contributed by atoms with Crippen molar-refractivity contribution in [2.45, 2.75) is 12.8 Å². The van der Waals surface area contributed by atoms with E-state index in [-0.39, 0.29) is 5.69 Å². The van der Waals surface area contributed by atoms with E-state index in [0.29, 0.717) is 12.8 Å². The summed E-state index contributed by atoms with van der Waals surface area (Å²) in [5.74, 6) is -5.62. The smallest absolute Gasteiger partial charge is 0.326 e. The van der Waals surface area contributed by atoms with Crippen molar-refractivity contribution in [2.24, 2.45) is 11.8 Å². The summed E-state index contributed by atoms with van der Waals surface area (Å²) < 4.78 is 30.7. The third-order valence-electron chi connectivity index (χ3n) is 4.45. The second kappa shape index (κ2) is 7.65. The fourth-order valence-corrected chi connectivity index (χ4v) is 3.12. The molecule has 1 fully saturated rings. The van der Waals surface area contributed by atoms with E-state index in [9.17, 15) is 28.0 Å². The summed E-state index contributed by atoms with van der Waals surface area (Å²) in [4.78, 5) is 48.9. The Morgan fingerprint density at radius 2 is 1.70 bits per heavy atom. The van der Waals surface area contributed by atoms with Crippen LogP contribution in [0.3, 0.4) is 0 Å². The lowest BCUT2D eigenvalue weighted by molar-refractivity contribution is -0.154. The number of esters is 1. The van der Waals surface area contributed by atoms with E-state index in [1.807, 2.05) is 12.2 Å². The predicted molar refractivity (Wildman–Crippen MR) is 88.0 cm³/mol. The Morgan fingerprint density at radius 3 is 2.30 bits per heavy atom. The van der Waals surface area contributed by atoms with Crippen molar-refractivity contribution in [1.29, 1.82) is 0 Å². The van der Waals surface area contributed by atoms with Crippen LogP contribution in [0.5, 0.6) is 0 Å². The molecule has 1 aliphatic carbocycles. The molecule has 1 aromatic carbocycles. The highest BCUT2D eigenvalue weighted by Gasteiger charge is 2.47. The van der Waals surface area contributed by atoms with Gasteiger partial charge in [0, 0.05) is 11.8 Å². The van der Waals surface area contributed by atoms with Gasteiger partial charge >= 0.3 is 5.97 Å². The molecule has 1 saturated heterocycles. The molecule has 0 bridgehead atoms. The molecule has 1 N–H and O–H groups in total. The quantitative estimate of drug-likeness (QED) is 0.475. The van der Waals surface area contributed by atoms with Crippen LogP contribution in [0, 0.1) is 23.5 Å². The van der Waals surface area contributed by atoms with Gasteiger partial charge in [-0.15, -0.1) is 0 Å². The van der Waals surface area contributed by atoms with Crippen LogP contribution in [0.2, 0.25) is 0 Å². The minimum absolute atomic E-state index is 0.00331. The molecule has 27 heavy (non-hydrogen) atoms. The number of likely N-dealkylation sites (tertiary alicyclic amines) is 1. The third-order valence-corrected chi connectivity index (χ3v) is 4.45. The molecular formula is C18H16F2N2O5. The fraction of sp³-hybridized carbons (Fsp3) is 0.333. The number of rotatable bonds is 5. The van der Waals surface area contributed by atoms with Crippen molar-refractivity contribution in [3.63, 3.8) is 0 Å². The highest BCUT2D eigenvalue weighted by Crippen LogP contribution is 2.34. The summed E-state index contributed by atoms with van der Waals surface area (Å²) in [6, 6.07) is 2.78. The van der Waals surface area contributed by atoms with Gasteiger partial charge in [0.25, 0.3) is 5.91 Å². The standard InChI is InChI=1S/C18H16F2N2O5/c19-13-6-5-10(7-14(13)20)21-15(23)9-27-16(24)8-22-17(25)11-3-1-2-4-12(11)18(22)26/h1-2,5-7,11-12H,3-4,8-9H2,(H,21,23)/t11-,12-/m0/s1. The molecule has 0 saturated carbocycles. The van der Waals surface area contributed by atoms with Gasteiger partial charge in [-0.1, -0.05) is 12.2 Å². The van der Waals surface area contributed by atoms with Gasteiger partial charge in [0.15, 0.2) is 18.2 Å². The van der Waals surface area contributed by atoms with Crippen LogP contribution >= 0.6 is 0 Å². The maximum Gasteiger partial charge on any atom is 0.326 e. The monoisotopic (exact) mass is 378 g/mol. The Balaban J connectivity index is 1.49. The second-order valence-corrected chi connectivity index (χ2v) is 6.26. The van der Waals surface area contributed by atoms with Crippen molar-refractivity contribution >= 4 is 29.4 Å². The van der Waals surface area contributed by atoms with Crippen LogP contribution in [0.15, 0.2) is 30.4 Å². The van der Waals surface area contributed by atoms with Gasteiger partial charge in [0.05, 0.1) is 11.8 Å². The van der Waals surface area contributed by atoms with Gasteiger partial charge in [-0.3, -0.25) is 24.1 Å². The minimum Gasteiger partial charge on any atom is -0.454 e. The first-order valence-electron chi connectivity index (χ1n) is 8.27. The summed E-state index contributed by atoms with van der Waals surface area (Å²) in [6.07, 6.45) is 4.57. The first kappa shape index (κ1) is 18.7. The number of benzene rings is 1. The van der Waals surface area contributed by atoms with E-state index in [0.717, 1.165) is 23.1 Å². The number of carbonyl (C=O) groups is 4. The average Bonchev–Trinajstić information content (AvgIpc) is 2.88. The number of hydrogen-bond donors (Lipinski definition) is 1. The molecule has 0 aromatic heterocycles. The molecular weight excluding hydrogens is 362 g/mol. The summed E-state index contributed by atoms with van der Waals surface area (Å²) in [7, 11) is 0. The molecule has 3 amide bonds. The summed E-state index contributed by atoms with van der Waals surface area (Å²) >= 11 is 0. The molecule has 7 nitrogen and oxygen atoms in total. The number of imide groups is 1. The lowest BCUT2D eigenvalue weighted by Gasteiger charge is -2.14. The molecule has 1 aromatic rings. The molecule has 0 spiro atoms. The maximum absolute atomic E-state index is 13.1. The summed E-state index contributed by atoms with van der Waals surface area (Å²) in [5.41, 5.74) is -0.00331. The van der Waals surface area contributed by atoms with Crippen molar-refractivity contribution in [3.8, 4) is 0 Å². The number of anilines is 1. The second-order valence-electron chi connectivity index (χ2n) is 6.26. The summed E-state index contributed by atoms with van der Waals surface area (Å²) in [6.45, 7) is -1.26. The van der Waals surface area contributed by atoms with Crippen LogP contribution in [-0.2, 0) is 23.9 Å². The number of hydrogen-bond acceptors (Lipinski definition) is 5. The van der Waals surface area contributed by atoms with Crippen molar-refractivity contribution in [1.82, 2.24) is 4.90 Å². The van der Waals surface area contributed by atoms with Gasteiger partial charge in [-0.2, -0.15) is 0 Å². The van der Waals surface area contributed by atoms with Crippen molar-refractivity contribution < 1.29 is 32.7 Å². The number of nitrogens with one attached hydrogen (secondary N) is 1. The Morgan fingerprint density at radius 1 is 1.07 bits per heavy atom. The Kier molecular flexibility index (Phi) is 5.29. The average molecular weight is 378 g/mol. The molecule has 0 radical (unpaired) electrons. The van der Waals surface area contributed by atoms with Crippen LogP contribution in [0.4, 0.5) is 14.5 Å². The predicted octanol–water partition coefficient (Wildman–Crippen LogP) is 1.40. The summed E-state index contributed by atoms with van der Waals surface area (Å²) in [5, 5.41) is 2.24. The van der Waals surface area contributed by atoms with E-state index in [1.54, 1.807) is 0 Å². The molecule has 0 unspecified atom stereocenters. The number of nitrogens with zero attached hydrogens (tertiary/aromatic N) is 1. The Labute approximate surface area is 153 Å². The maximum atomic E-state index is 13.1. The molecule has 2 aliphatic rings. The third kappa shape index (κ3) is 4.02. The fourth-order valence-electron chi connectivity index (χ4n) is 3.12. The molecule has 142 valence electrons. The van der Waals surface area contributed by atoms with Gasteiger partial charge in [-0.05, 0) is 25.0 Å². The molecule has 2 atom stereocenters. The Bertz CT molecular complexity index is 813. The first-order chi connectivity index (χ1) is 12.9. The lowest BCUT2D eigenvalue weighted by Crippen LogP contribution is -2.37. The highest BCUT2D eigenvalue weighted by molar-refractivity contribution is 6.07. The van der Waals surface area contributed by atoms with Crippen molar-refractivity contribution in [3.05, 3.63) is 42.0 Å². The lowest BCUT2D eigenvalue weighted by atomic mass is 9.85. The SMILES string of the molecule is O=C(COC(=O)CN1C(=O)[C@H]2CC=CC[C@@H]2C1=O)Nc1ccc(F)c(F)c1.